The molecule has 1 aromatic rings. The average Bonchev–Trinajstić information content (AvgIpc) is 1.85. The Morgan fingerprint density at radius 1 is 1.45 bits per heavy atom. The summed E-state index contributed by atoms with van der Waals surface area (Å²) in [7, 11) is 0. The molecule has 0 heterocycles. The van der Waals surface area contributed by atoms with Crippen molar-refractivity contribution in [1.29, 1.82) is 0 Å². The van der Waals surface area contributed by atoms with Crippen LogP contribution in [0.1, 0.15) is 10.4 Å². The fourth-order valence-corrected chi connectivity index (χ4v) is 1.30. The summed E-state index contributed by atoms with van der Waals surface area (Å²) < 4.78 is 13.0. The molecule has 0 spiro atoms. The van der Waals surface area contributed by atoms with Gasteiger partial charge in [0.1, 0.15) is 5.82 Å². The van der Waals surface area contributed by atoms with E-state index in [-0.39, 0.29) is 5.56 Å². The molecular weight excluding hydrogens is 262 g/mol. The molecule has 1 rings (SSSR count). The molecule has 1 aromatic carbocycles. The van der Waals surface area contributed by atoms with E-state index < -0.39 is 11.8 Å². The predicted octanol–water partition coefficient (Wildman–Crippen LogP) is 0.794. The van der Waals surface area contributed by atoms with Gasteiger partial charge in [-0.1, -0.05) is 0 Å². The number of carbonyl (C=O) groups is 1. The minimum Gasteiger partial charge on any atom is -0.545 e. The standard InChI is InChI=1S/C7H4FIO2/c8-5-1-4(7(10)11)2-6(9)3-5/h1-3H,(H,10,11)/p-1. The maximum absolute atomic E-state index is 12.5. The van der Waals surface area contributed by atoms with Crippen LogP contribution in [0.25, 0.3) is 0 Å². The van der Waals surface area contributed by atoms with Gasteiger partial charge in [-0.25, -0.2) is 4.39 Å². The first-order chi connectivity index (χ1) is 5.09. The number of carboxylic acid groups (broad SMARTS) is 1. The number of carbonyl (C=O) groups excluding carboxylic acids is 1. The Morgan fingerprint density at radius 3 is 2.55 bits per heavy atom. The van der Waals surface area contributed by atoms with E-state index in [0.29, 0.717) is 3.57 Å². The Morgan fingerprint density at radius 2 is 2.09 bits per heavy atom. The lowest BCUT2D eigenvalue weighted by molar-refractivity contribution is -0.255. The molecule has 2 nitrogen and oxygen atoms in total. The number of carboxylic acids is 1. The van der Waals surface area contributed by atoms with Crippen LogP contribution in [0.4, 0.5) is 4.39 Å². The summed E-state index contributed by atoms with van der Waals surface area (Å²) >= 11 is 1.83. The minimum atomic E-state index is -1.36. The predicted molar refractivity (Wildman–Crippen MR) is 43.4 cm³/mol. The van der Waals surface area contributed by atoms with Gasteiger partial charge in [-0.05, 0) is 40.8 Å². The van der Waals surface area contributed by atoms with E-state index >= 15 is 0 Å². The van der Waals surface area contributed by atoms with Gasteiger partial charge in [-0.3, -0.25) is 0 Å². The summed E-state index contributed by atoms with van der Waals surface area (Å²) in [6.45, 7) is 0. The van der Waals surface area contributed by atoms with Crippen LogP contribution in [0.5, 0.6) is 0 Å². The van der Waals surface area contributed by atoms with Crippen molar-refractivity contribution in [3.05, 3.63) is 33.1 Å². The third-order valence-corrected chi connectivity index (χ3v) is 1.72. The van der Waals surface area contributed by atoms with Gasteiger partial charge in [0.05, 0.1) is 5.97 Å². The molecule has 0 bridgehead atoms. The SMILES string of the molecule is O=C([O-])c1cc(F)cc(I)c1. The summed E-state index contributed by atoms with van der Waals surface area (Å²) in [5.74, 6) is -1.92. The molecule has 0 saturated carbocycles. The number of aromatic carboxylic acids is 1. The van der Waals surface area contributed by atoms with Gasteiger partial charge < -0.3 is 9.90 Å². The molecule has 0 fully saturated rings. The molecule has 4 heteroatoms. The Kier molecular flexibility index (Phi) is 2.43. The highest BCUT2D eigenvalue weighted by Crippen LogP contribution is 2.10. The van der Waals surface area contributed by atoms with Gasteiger partial charge in [-0.15, -0.1) is 0 Å². The number of rotatable bonds is 1. The molecule has 0 aliphatic heterocycles. The topological polar surface area (TPSA) is 40.1 Å². The zero-order valence-electron chi connectivity index (χ0n) is 5.30. The lowest BCUT2D eigenvalue weighted by atomic mass is 10.2. The Labute approximate surface area is 76.2 Å². The second kappa shape index (κ2) is 3.17. The first-order valence-electron chi connectivity index (χ1n) is 2.77. The van der Waals surface area contributed by atoms with E-state index in [1.54, 1.807) is 0 Å². The molecule has 0 aliphatic rings. The molecule has 0 atom stereocenters. The van der Waals surface area contributed by atoms with Crippen LogP contribution >= 0.6 is 22.6 Å². The molecule has 0 N–H and O–H groups in total. The van der Waals surface area contributed by atoms with Crippen molar-refractivity contribution < 1.29 is 14.3 Å². The Balaban J connectivity index is 3.19. The van der Waals surface area contributed by atoms with Gasteiger partial charge in [0.15, 0.2) is 0 Å². The van der Waals surface area contributed by atoms with Crippen LogP contribution in [0.2, 0.25) is 0 Å². The normalized spacial score (nSPS) is 9.64. The van der Waals surface area contributed by atoms with Crippen molar-refractivity contribution in [2.75, 3.05) is 0 Å². The highest BCUT2D eigenvalue weighted by atomic mass is 127. The van der Waals surface area contributed by atoms with E-state index in [9.17, 15) is 14.3 Å². The zero-order valence-corrected chi connectivity index (χ0v) is 7.46. The van der Waals surface area contributed by atoms with Gasteiger partial charge in [0, 0.05) is 9.13 Å². The maximum Gasteiger partial charge on any atom is 0.124 e. The number of benzene rings is 1. The molecule has 0 aromatic heterocycles. The average molecular weight is 265 g/mol. The highest BCUT2D eigenvalue weighted by molar-refractivity contribution is 14.1. The number of hydrogen-bond donors (Lipinski definition) is 0. The second-order valence-electron chi connectivity index (χ2n) is 1.95. The van der Waals surface area contributed by atoms with E-state index in [1.165, 1.54) is 12.1 Å². The van der Waals surface area contributed by atoms with E-state index in [1.807, 2.05) is 22.6 Å². The van der Waals surface area contributed by atoms with Crippen molar-refractivity contribution in [2.24, 2.45) is 0 Å². The fraction of sp³-hybridized carbons (Fsp3) is 0. The summed E-state index contributed by atoms with van der Waals surface area (Å²) in [6.07, 6.45) is 0. The van der Waals surface area contributed by atoms with Crippen LogP contribution in [-0.4, -0.2) is 5.97 Å². The third-order valence-electron chi connectivity index (χ3n) is 1.10. The molecule has 58 valence electrons. The minimum absolute atomic E-state index is 0.130. The summed E-state index contributed by atoms with van der Waals surface area (Å²) in [5, 5.41) is 10.2. The van der Waals surface area contributed by atoms with Crippen molar-refractivity contribution in [3.63, 3.8) is 0 Å². The lowest BCUT2D eigenvalue weighted by Crippen LogP contribution is -2.22. The van der Waals surface area contributed by atoms with Crippen LogP contribution in [0.3, 0.4) is 0 Å². The van der Waals surface area contributed by atoms with Crippen molar-refractivity contribution in [1.82, 2.24) is 0 Å². The molecule has 0 unspecified atom stereocenters. The van der Waals surface area contributed by atoms with Gasteiger partial charge in [0.2, 0.25) is 0 Å². The first-order valence-corrected chi connectivity index (χ1v) is 3.85. The van der Waals surface area contributed by atoms with Crippen LogP contribution in [-0.2, 0) is 0 Å². The van der Waals surface area contributed by atoms with Crippen molar-refractivity contribution in [2.45, 2.75) is 0 Å². The van der Waals surface area contributed by atoms with E-state index in [2.05, 4.69) is 0 Å². The highest BCUT2D eigenvalue weighted by Gasteiger charge is 1.98. The summed E-state index contributed by atoms with van der Waals surface area (Å²) in [6, 6.07) is 3.52. The Bertz CT molecular complexity index is 278. The van der Waals surface area contributed by atoms with Crippen molar-refractivity contribution in [3.8, 4) is 0 Å². The van der Waals surface area contributed by atoms with Gasteiger partial charge in [0.25, 0.3) is 0 Å². The molecule has 0 saturated heterocycles. The Hall–Kier alpha value is -0.650. The zero-order chi connectivity index (χ0) is 8.43. The number of hydrogen-bond acceptors (Lipinski definition) is 2. The number of halogens is 2. The quantitative estimate of drug-likeness (QED) is 0.704. The van der Waals surface area contributed by atoms with E-state index in [0.717, 1.165) is 6.07 Å². The van der Waals surface area contributed by atoms with Crippen LogP contribution in [0.15, 0.2) is 18.2 Å². The van der Waals surface area contributed by atoms with Gasteiger partial charge in [-0.2, -0.15) is 0 Å². The molecule has 0 aliphatic carbocycles. The molecular formula is C7H3FIO2-. The lowest BCUT2D eigenvalue weighted by Gasteiger charge is -2.01. The molecule has 0 radical (unpaired) electrons. The van der Waals surface area contributed by atoms with Gasteiger partial charge >= 0.3 is 0 Å². The second-order valence-corrected chi connectivity index (χ2v) is 3.19. The smallest absolute Gasteiger partial charge is 0.124 e. The summed E-state index contributed by atoms with van der Waals surface area (Å²) in [4.78, 5) is 10.2. The largest absolute Gasteiger partial charge is 0.545 e. The van der Waals surface area contributed by atoms with Crippen LogP contribution < -0.4 is 5.11 Å². The maximum atomic E-state index is 12.5. The fourth-order valence-electron chi connectivity index (χ4n) is 0.672. The third kappa shape index (κ3) is 2.14. The molecule has 11 heavy (non-hydrogen) atoms. The molecule has 0 amide bonds. The monoisotopic (exact) mass is 265 g/mol. The first kappa shape index (κ1) is 8.45. The van der Waals surface area contributed by atoms with Crippen molar-refractivity contribution >= 4 is 28.6 Å². The van der Waals surface area contributed by atoms with Crippen LogP contribution in [0, 0.1) is 9.39 Å². The summed E-state index contributed by atoms with van der Waals surface area (Å²) in [5.41, 5.74) is -0.130. The van der Waals surface area contributed by atoms with E-state index in [4.69, 9.17) is 0 Å².